The van der Waals surface area contributed by atoms with Gasteiger partial charge in [0.05, 0.1) is 12.1 Å². The average Bonchev–Trinajstić information content (AvgIpc) is 2.75. The van der Waals surface area contributed by atoms with Crippen molar-refractivity contribution in [3.05, 3.63) is 88.1 Å². The lowest BCUT2D eigenvalue weighted by Crippen LogP contribution is -2.40. The molecule has 0 aliphatic heterocycles. The lowest BCUT2D eigenvalue weighted by atomic mass is 10.1. The normalized spacial score (nSPS) is 10.8. The molecular formula is C24H25FN4O3. The van der Waals surface area contributed by atoms with E-state index < -0.39 is 17.2 Å². The molecule has 7 nitrogen and oxygen atoms in total. The van der Waals surface area contributed by atoms with Crippen LogP contribution >= 0.6 is 0 Å². The molecule has 3 rings (SSSR count). The zero-order chi connectivity index (χ0) is 23.4. The predicted octanol–water partition coefficient (Wildman–Crippen LogP) is 3.06. The van der Waals surface area contributed by atoms with Crippen LogP contribution in [0.15, 0.2) is 65.6 Å². The summed E-state index contributed by atoms with van der Waals surface area (Å²) in [5, 5.41) is 4.22. The smallest absolute Gasteiger partial charge is 0.283 e. The first-order valence-corrected chi connectivity index (χ1v) is 10.2. The van der Waals surface area contributed by atoms with Crippen molar-refractivity contribution in [3.63, 3.8) is 0 Å². The van der Waals surface area contributed by atoms with E-state index in [1.165, 1.54) is 51.0 Å². The topological polar surface area (TPSA) is 75.5 Å². The van der Waals surface area contributed by atoms with Crippen molar-refractivity contribution in [1.82, 2.24) is 14.7 Å². The van der Waals surface area contributed by atoms with E-state index in [4.69, 9.17) is 0 Å². The van der Waals surface area contributed by atoms with Crippen molar-refractivity contribution in [2.24, 2.45) is 0 Å². The molecule has 0 radical (unpaired) electrons. The minimum atomic E-state index is -0.543. The largest absolute Gasteiger partial charge is 0.349 e. The molecule has 0 saturated carbocycles. The maximum Gasteiger partial charge on any atom is 0.283 e. The number of nitrogens with zero attached hydrogens (tertiary/aromatic N) is 4. The van der Waals surface area contributed by atoms with Crippen LogP contribution in [-0.2, 0) is 11.2 Å². The van der Waals surface area contributed by atoms with Gasteiger partial charge in [-0.2, -0.15) is 5.10 Å². The first kappa shape index (κ1) is 22.9. The second-order valence-corrected chi connectivity index (χ2v) is 7.85. The predicted molar refractivity (Wildman–Crippen MR) is 121 cm³/mol. The third-order valence-corrected chi connectivity index (χ3v) is 4.91. The lowest BCUT2D eigenvalue weighted by Gasteiger charge is -2.26. The van der Waals surface area contributed by atoms with Gasteiger partial charge in [-0.15, -0.1) is 0 Å². The fourth-order valence-corrected chi connectivity index (χ4v) is 3.16. The highest BCUT2D eigenvalue weighted by molar-refractivity contribution is 6.05. The van der Waals surface area contributed by atoms with E-state index in [-0.39, 0.29) is 24.1 Å². The molecule has 0 unspecified atom stereocenters. The maximum absolute atomic E-state index is 13.3. The number of halogens is 1. The molecule has 0 atom stereocenters. The van der Waals surface area contributed by atoms with E-state index in [0.717, 1.165) is 5.56 Å². The van der Waals surface area contributed by atoms with Crippen LogP contribution in [0.5, 0.6) is 0 Å². The van der Waals surface area contributed by atoms with Gasteiger partial charge in [0.1, 0.15) is 5.82 Å². The van der Waals surface area contributed by atoms with Crippen molar-refractivity contribution >= 4 is 17.5 Å². The summed E-state index contributed by atoms with van der Waals surface area (Å²) in [5.74, 6) is -0.962. The van der Waals surface area contributed by atoms with Crippen LogP contribution in [0.4, 0.5) is 10.1 Å². The van der Waals surface area contributed by atoms with E-state index in [1.54, 1.807) is 38.4 Å². The van der Waals surface area contributed by atoms with Crippen molar-refractivity contribution in [2.75, 3.05) is 19.0 Å². The van der Waals surface area contributed by atoms with Crippen LogP contribution in [0.3, 0.4) is 0 Å². The number of carbonyl (C=O) groups excluding carboxylic acids is 2. The Bertz CT molecular complexity index is 1170. The Hall–Kier alpha value is -3.81. The van der Waals surface area contributed by atoms with Crippen molar-refractivity contribution < 1.29 is 14.0 Å². The monoisotopic (exact) mass is 436 g/mol. The van der Waals surface area contributed by atoms with Gasteiger partial charge in [-0.05, 0) is 55.8 Å². The SMILES string of the molecule is CC(C)N(C(=O)c1nn(-c2ccc(F)cc2)ccc1=O)c1ccc(CC(=O)N(C)C)cc1. The first-order valence-electron chi connectivity index (χ1n) is 10.2. The number of anilines is 1. The molecule has 32 heavy (non-hydrogen) atoms. The molecule has 0 N–H and O–H groups in total. The number of benzene rings is 2. The molecule has 0 saturated heterocycles. The van der Waals surface area contributed by atoms with Crippen LogP contribution in [0.2, 0.25) is 0 Å². The highest BCUT2D eigenvalue weighted by atomic mass is 19.1. The minimum Gasteiger partial charge on any atom is -0.349 e. The van der Waals surface area contributed by atoms with Gasteiger partial charge in [0, 0.05) is 38.1 Å². The fourth-order valence-electron chi connectivity index (χ4n) is 3.16. The lowest BCUT2D eigenvalue weighted by molar-refractivity contribution is -0.127. The molecule has 1 aromatic heterocycles. The summed E-state index contributed by atoms with van der Waals surface area (Å²) >= 11 is 0. The number of likely N-dealkylation sites (N-methyl/N-ethyl adjacent to an activating group) is 1. The summed E-state index contributed by atoms with van der Waals surface area (Å²) in [6, 6.07) is 13.7. The third kappa shape index (κ3) is 5.08. The number of aromatic nitrogens is 2. The zero-order valence-electron chi connectivity index (χ0n) is 18.4. The Morgan fingerprint density at radius 1 is 1.00 bits per heavy atom. The summed E-state index contributed by atoms with van der Waals surface area (Å²) in [6.07, 6.45) is 1.69. The number of carbonyl (C=O) groups is 2. The fraction of sp³-hybridized carbons (Fsp3) is 0.250. The van der Waals surface area contributed by atoms with Gasteiger partial charge in [0.25, 0.3) is 5.91 Å². The van der Waals surface area contributed by atoms with E-state index >= 15 is 0 Å². The zero-order valence-corrected chi connectivity index (χ0v) is 18.4. The second kappa shape index (κ2) is 9.55. The van der Waals surface area contributed by atoms with Gasteiger partial charge in [-0.1, -0.05) is 12.1 Å². The summed E-state index contributed by atoms with van der Waals surface area (Å²) in [6.45, 7) is 3.67. The van der Waals surface area contributed by atoms with Gasteiger partial charge in [0.2, 0.25) is 11.3 Å². The van der Waals surface area contributed by atoms with Crippen LogP contribution in [-0.4, -0.2) is 46.6 Å². The highest BCUT2D eigenvalue weighted by Crippen LogP contribution is 2.20. The molecule has 2 aromatic carbocycles. The Morgan fingerprint density at radius 3 is 2.19 bits per heavy atom. The van der Waals surface area contributed by atoms with Crippen molar-refractivity contribution in [2.45, 2.75) is 26.3 Å². The average molecular weight is 436 g/mol. The van der Waals surface area contributed by atoms with Crippen LogP contribution < -0.4 is 10.3 Å². The molecule has 3 aromatic rings. The molecule has 0 bridgehead atoms. The van der Waals surface area contributed by atoms with Gasteiger partial charge >= 0.3 is 0 Å². The van der Waals surface area contributed by atoms with Crippen LogP contribution in [0, 0.1) is 5.82 Å². The van der Waals surface area contributed by atoms with E-state index in [2.05, 4.69) is 5.10 Å². The molecule has 2 amide bonds. The molecule has 0 aliphatic rings. The Labute approximate surface area is 185 Å². The van der Waals surface area contributed by atoms with Crippen molar-refractivity contribution in [3.8, 4) is 5.69 Å². The standard InChI is InChI=1S/C24H25FN4O3/c1-16(2)29(20-9-5-17(6-10-20)15-22(31)27(3)4)24(32)23-21(30)13-14-28(26-23)19-11-7-18(25)8-12-19/h5-14,16H,15H2,1-4H3. The molecule has 8 heteroatoms. The Kier molecular flexibility index (Phi) is 6.82. The maximum atomic E-state index is 13.3. The van der Waals surface area contributed by atoms with Crippen LogP contribution in [0.1, 0.15) is 29.9 Å². The summed E-state index contributed by atoms with van der Waals surface area (Å²) in [4.78, 5) is 40.7. The van der Waals surface area contributed by atoms with E-state index in [1.807, 2.05) is 13.8 Å². The second-order valence-electron chi connectivity index (χ2n) is 7.85. The number of hydrogen-bond acceptors (Lipinski definition) is 4. The molecule has 166 valence electrons. The molecular weight excluding hydrogens is 411 g/mol. The number of rotatable bonds is 6. The first-order chi connectivity index (χ1) is 15.2. The van der Waals surface area contributed by atoms with Crippen LogP contribution in [0.25, 0.3) is 5.69 Å². The number of amides is 2. The summed E-state index contributed by atoms with van der Waals surface area (Å²) in [5.41, 5.74) is 1.18. The quantitative estimate of drug-likeness (QED) is 0.595. The number of hydrogen-bond donors (Lipinski definition) is 0. The van der Waals surface area contributed by atoms with E-state index in [0.29, 0.717) is 11.4 Å². The Morgan fingerprint density at radius 2 is 1.62 bits per heavy atom. The van der Waals surface area contributed by atoms with Crippen molar-refractivity contribution in [1.29, 1.82) is 0 Å². The minimum absolute atomic E-state index is 0.0237. The summed E-state index contributed by atoms with van der Waals surface area (Å²) in [7, 11) is 3.39. The van der Waals surface area contributed by atoms with Gasteiger partial charge in [0.15, 0.2) is 5.69 Å². The highest BCUT2D eigenvalue weighted by Gasteiger charge is 2.25. The third-order valence-electron chi connectivity index (χ3n) is 4.91. The van der Waals surface area contributed by atoms with Gasteiger partial charge in [-0.3, -0.25) is 14.4 Å². The van der Waals surface area contributed by atoms with E-state index in [9.17, 15) is 18.8 Å². The molecule has 0 aliphatic carbocycles. The molecule has 0 fully saturated rings. The van der Waals surface area contributed by atoms with Gasteiger partial charge < -0.3 is 9.80 Å². The van der Waals surface area contributed by atoms with Gasteiger partial charge in [-0.25, -0.2) is 9.07 Å². The molecule has 0 spiro atoms. The summed E-state index contributed by atoms with van der Waals surface area (Å²) < 4.78 is 14.6. The molecule has 1 heterocycles. The Balaban J connectivity index is 1.93.